The third-order valence-electron chi connectivity index (χ3n) is 4.95. The lowest BCUT2D eigenvalue weighted by Gasteiger charge is -2.22. The molecule has 3 heteroatoms. The van der Waals surface area contributed by atoms with Crippen LogP contribution in [0.15, 0.2) is 36.4 Å². The zero-order valence-corrected chi connectivity index (χ0v) is 18.3. The Morgan fingerprint density at radius 1 is 0.815 bits per heavy atom. The number of carbonyl (C=O) groups excluding carboxylic acids is 2. The lowest BCUT2D eigenvalue weighted by Crippen LogP contribution is -2.16. The van der Waals surface area contributed by atoms with E-state index in [2.05, 4.69) is 27.7 Å². The van der Waals surface area contributed by atoms with Crippen LogP contribution in [-0.4, -0.2) is 17.2 Å². The number of rotatable bonds is 8. The number of benzene rings is 2. The molecule has 0 saturated heterocycles. The first-order valence-electron chi connectivity index (χ1n) is 9.84. The predicted molar refractivity (Wildman–Crippen MR) is 116 cm³/mol. The minimum Gasteiger partial charge on any atom is -0.289 e. The smallest absolute Gasteiger partial charge is 0.192 e. The second-order valence-corrected chi connectivity index (χ2v) is 9.57. The van der Waals surface area contributed by atoms with Gasteiger partial charge in [-0.05, 0) is 61.0 Å². The average Bonchev–Trinajstić information content (AvgIpc) is 2.64. The molecule has 2 aromatic carbocycles. The van der Waals surface area contributed by atoms with Crippen molar-refractivity contribution in [1.82, 2.24) is 0 Å². The van der Waals surface area contributed by atoms with Crippen molar-refractivity contribution in [3.63, 3.8) is 0 Å². The standard InChI is InChI=1S/C24H31O2P/c1-7-19-13-10-14-20(8-2)22(19)24(26)27(15-16(3)4)23(25)21-17(5)11-9-12-18(21)6/h9-14,16H,7-8,15H2,1-6H3. The largest absolute Gasteiger partial charge is 0.289 e. The highest BCUT2D eigenvalue weighted by Gasteiger charge is 2.32. The van der Waals surface area contributed by atoms with Gasteiger partial charge in [0, 0.05) is 19.0 Å². The monoisotopic (exact) mass is 382 g/mol. The molecule has 0 amide bonds. The summed E-state index contributed by atoms with van der Waals surface area (Å²) in [7, 11) is -1.43. The highest BCUT2D eigenvalue weighted by Crippen LogP contribution is 2.47. The number of hydrogen-bond acceptors (Lipinski definition) is 2. The molecule has 0 spiro atoms. The van der Waals surface area contributed by atoms with Crippen LogP contribution in [0.3, 0.4) is 0 Å². The maximum Gasteiger partial charge on any atom is 0.192 e. The second kappa shape index (κ2) is 9.42. The second-order valence-electron chi connectivity index (χ2n) is 7.54. The molecule has 0 fully saturated rings. The van der Waals surface area contributed by atoms with Crippen LogP contribution >= 0.6 is 7.92 Å². The SMILES string of the molecule is CCc1cccc(CC)c1C(=O)P(CC(C)C)C(=O)c1c(C)cccc1C. The summed E-state index contributed by atoms with van der Waals surface area (Å²) in [5, 5.41) is 0. The Kier molecular flexibility index (Phi) is 7.50. The van der Waals surface area contributed by atoms with Crippen LogP contribution in [0.1, 0.15) is 70.7 Å². The molecule has 0 aliphatic carbocycles. The van der Waals surface area contributed by atoms with Gasteiger partial charge in [0.05, 0.1) is 0 Å². The zero-order valence-electron chi connectivity index (χ0n) is 17.4. The first-order valence-corrected chi connectivity index (χ1v) is 11.4. The number of carbonyl (C=O) groups is 2. The molecule has 0 N–H and O–H groups in total. The lowest BCUT2D eigenvalue weighted by molar-refractivity contribution is 0.105. The van der Waals surface area contributed by atoms with E-state index in [1.54, 1.807) is 0 Å². The summed E-state index contributed by atoms with van der Waals surface area (Å²) in [6.07, 6.45) is 2.25. The third kappa shape index (κ3) is 4.74. The molecule has 2 nitrogen and oxygen atoms in total. The predicted octanol–water partition coefficient (Wildman–Crippen LogP) is 6.55. The maximum atomic E-state index is 13.7. The molecular formula is C24H31O2P. The van der Waals surface area contributed by atoms with Crippen LogP contribution < -0.4 is 0 Å². The molecule has 0 saturated carbocycles. The van der Waals surface area contributed by atoms with Gasteiger partial charge in [-0.3, -0.25) is 9.59 Å². The summed E-state index contributed by atoms with van der Waals surface area (Å²) in [5.41, 5.74) is 5.67. The van der Waals surface area contributed by atoms with Gasteiger partial charge in [-0.1, -0.05) is 64.1 Å². The zero-order chi connectivity index (χ0) is 20.1. The van der Waals surface area contributed by atoms with Gasteiger partial charge in [0.25, 0.3) is 0 Å². The summed E-state index contributed by atoms with van der Waals surface area (Å²) < 4.78 is 0. The Balaban J connectivity index is 2.58. The van der Waals surface area contributed by atoms with E-state index in [1.807, 2.05) is 50.2 Å². The fourth-order valence-corrected chi connectivity index (χ4v) is 5.99. The molecule has 27 heavy (non-hydrogen) atoms. The van der Waals surface area contributed by atoms with Crippen LogP contribution in [0.5, 0.6) is 0 Å². The Morgan fingerprint density at radius 3 is 1.70 bits per heavy atom. The van der Waals surface area contributed by atoms with Gasteiger partial charge in [-0.15, -0.1) is 0 Å². The van der Waals surface area contributed by atoms with Gasteiger partial charge >= 0.3 is 0 Å². The summed E-state index contributed by atoms with van der Waals surface area (Å²) in [6, 6.07) is 12.0. The van der Waals surface area contributed by atoms with E-state index in [9.17, 15) is 9.59 Å². The lowest BCUT2D eigenvalue weighted by atomic mass is 9.98. The van der Waals surface area contributed by atoms with E-state index in [4.69, 9.17) is 0 Å². The van der Waals surface area contributed by atoms with Crippen molar-refractivity contribution in [3.05, 3.63) is 69.8 Å². The van der Waals surface area contributed by atoms with Gasteiger partial charge in [-0.2, -0.15) is 0 Å². The van der Waals surface area contributed by atoms with Crippen LogP contribution in [0, 0.1) is 19.8 Å². The Bertz CT molecular complexity index is 794. The molecule has 1 atom stereocenters. The van der Waals surface area contributed by atoms with Crippen LogP contribution in [0.25, 0.3) is 0 Å². The van der Waals surface area contributed by atoms with E-state index in [0.717, 1.165) is 46.2 Å². The van der Waals surface area contributed by atoms with Gasteiger partial charge in [0.15, 0.2) is 11.0 Å². The van der Waals surface area contributed by atoms with Crippen molar-refractivity contribution in [2.45, 2.75) is 54.4 Å². The average molecular weight is 382 g/mol. The highest BCUT2D eigenvalue weighted by molar-refractivity contribution is 7.90. The van der Waals surface area contributed by atoms with Crippen molar-refractivity contribution in [2.24, 2.45) is 5.92 Å². The maximum absolute atomic E-state index is 13.7. The van der Waals surface area contributed by atoms with Gasteiger partial charge in [-0.25, -0.2) is 0 Å². The fourth-order valence-electron chi connectivity index (χ4n) is 3.56. The summed E-state index contributed by atoms with van der Waals surface area (Å²) in [6.45, 7) is 12.3. The molecule has 0 radical (unpaired) electrons. The minimum absolute atomic E-state index is 0.0345. The van der Waals surface area contributed by atoms with Crippen molar-refractivity contribution >= 4 is 19.0 Å². The molecule has 0 aromatic heterocycles. The first kappa shape index (κ1) is 21.5. The van der Waals surface area contributed by atoms with Crippen LogP contribution in [-0.2, 0) is 12.8 Å². The topological polar surface area (TPSA) is 34.1 Å². The van der Waals surface area contributed by atoms with Crippen LogP contribution in [0.4, 0.5) is 0 Å². The molecule has 2 aromatic rings. The van der Waals surface area contributed by atoms with Crippen LogP contribution in [0.2, 0.25) is 0 Å². The third-order valence-corrected chi connectivity index (χ3v) is 7.47. The number of aryl methyl sites for hydroxylation is 4. The molecule has 2 rings (SSSR count). The Labute approximate surface area is 165 Å². The molecule has 0 aliphatic heterocycles. The van der Waals surface area contributed by atoms with Gasteiger partial charge in [0.2, 0.25) is 0 Å². The molecule has 0 bridgehead atoms. The van der Waals surface area contributed by atoms with Crippen molar-refractivity contribution in [1.29, 1.82) is 0 Å². The van der Waals surface area contributed by atoms with Crippen molar-refractivity contribution in [2.75, 3.05) is 6.16 Å². The van der Waals surface area contributed by atoms with Crippen molar-refractivity contribution < 1.29 is 9.59 Å². The molecule has 1 unspecified atom stereocenters. The highest BCUT2D eigenvalue weighted by atomic mass is 31.1. The van der Waals surface area contributed by atoms with Crippen molar-refractivity contribution in [3.8, 4) is 0 Å². The van der Waals surface area contributed by atoms with Gasteiger partial charge in [0.1, 0.15) is 0 Å². The first-order chi connectivity index (χ1) is 12.8. The Morgan fingerprint density at radius 2 is 1.26 bits per heavy atom. The summed E-state index contributed by atoms with van der Waals surface area (Å²) >= 11 is 0. The summed E-state index contributed by atoms with van der Waals surface area (Å²) in [5.74, 6) is 0.298. The van der Waals surface area contributed by atoms with E-state index in [-0.39, 0.29) is 11.0 Å². The van der Waals surface area contributed by atoms with E-state index in [0.29, 0.717) is 12.1 Å². The molecule has 0 heterocycles. The normalized spacial score (nSPS) is 12.3. The molecular weight excluding hydrogens is 351 g/mol. The Hall–Kier alpha value is -1.79. The minimum atomic E-state index is -1.43. The number of hydrogen-bond donors (Lipinski definition) is 0. The summed E-state index contributed by atoms with van der Waals surface area (Å²) in [4.78, 5) is 27.2. The van der Waals surface area contributed by atoms with Gasteiger partial charge < -0.3 is 0 Å². The van der Waals surface area contributed by atoms with E-state index >= 15 is 0 Å². The van der Waals surface area contributed by atoms with E-state index < -0.39 is 7.92 Å². The fraction of sp³-hybridized carbons (Fsp3) is 0.417. The van der Waals surface area contributed by atoms with E-state index in [1.165, 1.54) is 0 Å². The molecule has 144 valence electrons. The molecule has 0 aliphatic rings. The quantitative estimate of drug-likeness (QED) is 0.485.